The Morgan fingerprint density at radius 1 is 1.17 bits per heavy atom. The van der Waals surface area contributed by atoms with Gasteiger partial charge in [0.2, 0.25) is 5.91 Å². The number of hydrogen-bond acceptors (Lipinski definition) is 2. The van der Waals surface area contributed by atoms with Gasteiger partial charge >= 0.3 is 0 Å². The van der Waals surface area contributed by atoms with E-state index in [0.29, 0.717) is 18.9 Å². The molecule has 5 nitrogen and oxygen atoms in total. The minimum absolute atomic E-state index is 0.0320. The van der Waals surface area contributed by atoms with Crippen LogP contribution in [-0.2, 0) is 11.2 Å². The fourth-order valence-corrected chi connectivity index (χ4v) is 2.91. The summed E-state index contributed by atoms with van der Waals surface area (Å²) in [5.74, 6) is 0.531. The summed E-state index contributed by atoms with van der Waals surface area (Å²) in [4.78, 5) is 16.2. The summed E-state index contributed by atoms with van der Waals surface area (Å²) in [5.41, 5.74) is 9.21. The van der Waals surface area contributed by atoms with Gasteiger partial charge in [-0.3, -0.25) is 9.79 Å². The number of para-hydroxylation sites is 1. The Bertz CT molecular complexity index is 727. The highest BCUT2D eigenvalue weighted by atomic mass is 16.1. The van der Waals surface area contributed by atoms with Crippen molar-refractivity contribution < 1.29 is 4.79 Å². The molecule has 0 aromatic heterocycles. The Morgan fingerprint density at radius 2 is 1.92 bits per heavy atom. The van der Waals surface area contributed by atoms with Gasteiger partial charge < -0.3 is 16.4 Å². The summed E-state index contributed by atoms with van der Waals surface area (Å²) in [6, 6.07) is 18.1. The van der Waals surface area contributed by atoms with Crippen molar-refractivity contribution in [3.8, 4) is 0 Å². The number of aliphatic imine (C=N–C) groups is 1. The van der Waals surface area contributed by atoms with E-state index in [9.17, 15) is 4.79 Å². The van der Waals surface area contributed by atoms with Crippen molar-refractivity contribution >= 4 is 17.6 Å². The molecule has 0 saturated heterocycles. The number of nitrogens with two attached hydrogens (primary N) is 1. The van der Waals surface area contributed by atoms with Crippen LogP contribution in [0.5, 0.6) is 0 Å². The van der Waals surface area contributed by atoms with Crippen molar-refractivity contribution in [3.63, 3.8) is 0 Å². The van der Waals surface area contributed by atoms with Crippen LogP contribution in [0.1, 0.15) is 23.5 Å². The van der Waals surface area contributed by atoms with Gasteiger partial charge in [-0.2, -0.15) is 0 Å². The number of carbonyl (C=O) groups excluding carboxylic acids is 1. The predicted octanol–water partition coefficient (Wildman–Crippen LogP) is 2.26. The number of nitrogens with one attached hydrogen (secondary N) is 2. The Kier molecular flexibility index (Phi) is 5.11. The number of hydrogen-bond donors (Lipinski definition) is 3. The number of anilines is 1. The lowest BCUT2D eigenvalue weighted by Gasteiger charge is -2.24. The topological polar surface area (TPSA) is 79.5 Å². The lowest BCUT2D eigenvalue weighted by molar-refractivity contribution is -0.116. The van der Waals surface area contributed by atoms with E-state index in [-0.39, 0.29) is 11.8 Å². The molecule has 4 N–H and O–H groups in total. The van der Waals surface area contributed by atoms with Crippen LogP contribution in [-0.4, -0.2) is 25.0 Å². The molecule has 0 fully saturated rings. The van der Waals surface area contributed by atoms with Crippen LogP contribution in [0.2, 0.25) is 0 Å². The molecule has 0 bridgehead atoms. The molecular formula is C19H22N4O. The molecule has 2 aromatic carbocycles. The molecule has 124 valence electrons. The van der Waals surface area contributed by atoms with Gasteiger partial charge in [-0.15, -0.1) is 0 Å². The van der Waals surface area contributed by atoms with Gasteiger partial charge in [0, 0.05) is 24.6 Å². The Hall–Kier alpha value is -2.82. The van der Waals surface area contributed by atoms with Crippen LogP contribution in [0, 0.1) is 0 Å². The molecular weight excluding hydrogens is 300 g/mol. The van der Waals surface area contributed by atoms with Gasteiger partial charge in [-0.05, 0) is 23.6 Å². The second-order valence-corrected chi connectivity index (χ2v) is 5.92. The number of carbonyl (C=O) groups is 1. The third-order valence-corrected chi connectivity index (χ3v) is 4.15. The number of guanidine groups is 1. The van der Waals surface area contributed by atoms with Gasteiger partial charge in [0.25, 0.3) is 0 Å². The monoisotopic (exact) mass is 322 g/mol. The van der Waals surface area contributed by atoms with Crippen molar-refractivity contribution in [1.82, 2.24) is 5.32 Å². The smallest absolute Gasteiger partial charge is 0.225 e. The predicted molar refractivity (Wildman–Crippen MR) is 97.1 cm³/mol. The van der Waals surface area contributed by atoms with E-state index in [4.69, 9.17) is 5.73 Å². The third kappa shape index (κ3) is 4.13. The molecule has 1 heterocycles. The molecule has 1 unspecified atom stereocenters. The molecule has 2 aromatic rings. The lowest BCUT2D eigenvalue weighted by atomic mass is 9.91. The van der Waals surface area contributed by atoms with E-state index >= 15 is 0 Å². The molecule has 1 aliphatic heterocycles. The average Bonchev–Trinajstić information content (AvgIpc) is 2.60. The van der Waals surface area contributed by atoms with Gasteiger partial charge in [0.15, 0.2) is 5.96 Å². The zero-order valence-corrected chi connectivity index (χ0v) is 13.5. The van der Waals surface area contributed by atoms with E-state index < -0.39 is 0 Å². The third-order valence-electron chi connectivity index (χ3n) is 4.15. The zero-order valence-electron chi connectivity index (χ0n) is 13.5. The Labute approximate surface area is 142 Å². The number of amides is 1. The van der Waals surface area contributed by atoms with E-state index in [0.717, 1.165) is 24.2 Å². The molecule has 0 radical (unpaired) electrons. The molecule has 0 aliphatic carbocycles. The second-order valence-electron chi connectivity index (χ2n) is 5.92. The Balaban J connectivity index is 1.54. The maximum Gasteiger partial charge on any atom is 0.225 e. The molecule has 1 amide bonds. The average molecular weight is 322 g/mol. The summed E-state index contributed by atoms with van der Waals surface area (Å²) in [6.45, 7) is 1.25. The van der Waals surface area contributed by atoms with Gasteiger partial charge in [0.1, 0.15) is 0 Å². The number of rotatable bonds is 5. The van der Waals surface area contributed by atoms with Crippen LogP contribution in [0.4, 0.5) is 5.69 Å². The van der Waals surface area contributed by atoms with Crippen LogP contribution >= 0.6 is 0 Å². The highest BCUT2D eigenvalue weighted by Gasteiger charge is 2.24. The van der Waals surface area contributed by atoms with Crippen molar-refractivity contribution in [3.05, 3.63) is 65.7 Å². The van der Waals surface area contributed by atoms with E-state index in [2.05, 4.69) is 27.8 Å². The summed E-state index contributed by atoms with van der Waals surface area (Å²) in [7, 11) is 0. The minimum Gasteiger partial charge on any atom is -0.370 e. The normalized spacial score (nSPS) is 17.1. The molecule has 1 aliphatic rings. The Morgan fingerprint density at radius 3 is 2.75 bits per heavy atom. The second kappa shape index (κ2) is 7.64. The van der Waals surface area contributed by atoms with Crippen LogP contribution < -0.4 is 16.4 Å². The molecule has 5 heteroatoms. The summed E-state index contributed by atoms with van der Waals surface area (Å²) in [6.07, 6.45) is 1.34. The maximum atomic E-state index is 11.8. The zero-order chi connectivity index (χ0) is 16.8. The lowest BCUT2D eigenvalue weighted by Crippen LogP contribution is -2.34. The first-order chi connectivity index (χ1) is 11.7. The summed E-state index contributed by atoms with van der Waals surface area (Å²) < 4.78 is 0. The molecule has 24 heavy (non-hydrogen) atoms. The first kappa shape index (κ1) is 16.1. The number of nitrogens with zero attached hydrogens (tertiary/aromatic N) is 1. The van der Waals surface area contributed by atoms with E-state index in [1.165, 1.54) is 5.56 Å². The molecule has 3 rings (SSSR count). The highest BCUT2D eigenvalue weighted by molar-refractivity contribution is 5.94. The molecule has 1 atom stereocenters. The van der Waals surface area contributed by atoms with Crippen molar-refractivity contribution in [2.75, 3.05) is 18.4 Å². The van der Waals surface area contributed by atoms with Crippen molar-refractivity contribution in [1.29, 1.82) is 0 Å². The highest BCUT2D eigenvalue weighted by Crippen LogP contribution is 2.31. The standard InChI is InChI=1S/C19H22N4O/c20-19(21-11-10-14-6-2-1-3-7-14)22-13-15-12-18(24)23-17-9-5-4-8-16(15)17/h1-9,15H,10-13H2,(H,23,24)(H3,20,21,22). The SMILES string of the molecule is NC(=NCC1CC(=O)Nc2ccccc21)NCCc1ccccc1. The fraction of sp³-hybridized carbons (Fsp3) is 0.263. The summed E-state index contributed by atoms with van der Waals surface area (Å²) in [5, 5.41) is 6.03. The first-order valence-corrected chi connectivity index (χ1v) is 8.19. The van der Waals surface area contributed by atoms with Crippen molar-refractivity contribution in [2.45, 2.75) is 18.8 Å². The minimum atomic E-state index is 0.0320. The van der Waals surface area contributed by atoms with E-state index in [1.54, 1.807) is 0 Å². The van der Waals surface area contributed by atoms with Gasteiger partial charge in [-0.25, -0.2) is 0 Å². The number of fused-ring (bicyclic) bond motifs is 1. The largest absolute Gasteiger partial charge is 0.370 e. The van der Waals surface area contributed by atoms with Gasteiger partial charge in [0.05, 0.1) is 6.54 Å². The molecule has 0 saturated carbocycles. The maximum absolute atomic E-state index is 11.8. The van der Waals surface area contributed by atoms with Crippen LogP contribution in [0.3, 0.4) is 0 Å². The summed E-state index contributed by atoms with van der Waals surface area (Å²) >= 11 is 0. The van der Waals surface area contributed by atoms with Gasteiger partial charge in [-0.1, -0.05) is 48.5 Å². The van der Waals surface area contributed by atoms with E-state index in [1.807, 2.05) is 42.5 Å². The molecule has 0 spiro atoms. The first-order valence-electron chi connectivity index (χ1n) is 8.19. The van der Waals surface area contributed by atoms with Crippen molar-refractivity contribution in [2.24, 2.45) is 10.7 Å². The van der Waals surface area contributed by atoms with Crippen LogP contribution in [0.15, 0.2) is 59.6 Å². The fourth-order valence-electron chi connectivity index (χ4n) is 2.91. The van der Waals surface area contributed by atoms with Crippen LogP contribution in [0.25, 0.3) is 0 Å². The number of benzene rings is 2. The quantitative estimate of drug-likeness (QED) is 0.583.